The molecule has 2 saturated heterocycles. The van der Waals surface area contributed by atoms with Crippen LogP contribution in [0.4, 0.5) is 21.8 Å². The lowest BCUT2D eigenvalue weighted by Crippen LogP contribution is -2.40. The molecule has 1 amide bonds. The van der Waals surface area contributed by atoms with Gasteiger partial charge in [-0.3, -0.25) is 9.48 Å². The van der Waals surface area contributed by atoms with Crippen molar-refractivity contribution in [1.29, 1.82) is 0 Å². The molecule has 0 aromatic carbocycles. The Labute approximate surface area is 213 Å². The highest BCUT2D eigenvalue weighted by Gasteiger charge is 2.36. The largest absolute Gasteiger partial charge is 0.478 e. The van der Waals surface area contributed by atoms with Crippen molar-refractivity contribution in [1.82, 2.24) is 39.7 Å². The highest BCUT2D eigenvalue weighted by atomic mass is 19.1. The number of fused-ring (bicyclic) bond motifs is 1. The number of carbonyl (C=O) groups is 1. The third-order valence-corrected chi connectivity index (χ3v) is 6.73. The number of alkyl halides is 1. The van der Waals surface area contributed by atoms with Gasteiger partial charge in [-0.05, 0) is 18.9 Å². The standard InChI is InChI=1S/C23H31FN10O3/c1-5-14-9-25-21-20(27-18-13-33(29-22(18)36-3)15-7-8-32(10-15)37-4)28-23(30-34(14)21)31-11-16(24)17(12-31)26-19(35)6-2/h6,9,13,15-17H,2,5,7-8,10-12H2,1,3-4H3,(H,26,35)(H,27,28,30)/t15-,16-,17-/m1/s1. The average molecular weight is 515 g/mol. The molecule has 2 aliphatic rings. The molecular weight excluding hydrogens is 483 g/mol. The first kappa shape index (κ1) is 24.9. The number of aromatic nitrogens is 6. The van der Waals surface area contributed by atoms with Gasteiger partial charge in [-0.1, -0.05) is 13.5 Å². The molecule has 3 aromatic heterocycles. The number of methoxy groups -OCH3 is 1. The Balaban J connectivity index is 1.46. The molecule has 0 aliphatic carbocycles. The van der Waals surface area contributed by atoms with Crippen molar-refractivity contribution in [3.05, 3.63) is 30.7 Å². The van der Waals surface area contributed by atoms with Crippen LogP contribution in [-0.4, -0.2) is 92.9 Å². The van der Waals surface area contributed by atoms with E-state index in [0.29, 0.717) is 41.9 Å². The van der Waals surface area contributed by atoms with E-state index >= 15 is 0 Å². The van der Waals surface area contributed by atoms with Crippen molar-refractivity contribution in [2.24, 2.45) is 0 Å². The summed E-state index contributed by atoms with van der Waals surface area (Å²) in [6.07, 6.45) is 5.06. The molecule has 14 heteroatoms. The van der Waals surface area contributed by atoms with E-state index < -0.39 is 18.1 Å². The van der Waals surface area contributed by atoms with Gasteiger partial charge in [-0.25, -0.2) is 13.9 Å². The molecule has 0 saturated carbocycles. The average Bonchev–Trinajstić information content (AvgIpc) is 3.69. The van der Waals surface area contributed by atoms with Crippen molar-refractivity contribution < 1.29 is 18.8 Å². The Bertz CT molecular complexity index is 1290. The summed E-state index contributed by atoms with van der Waals surface area (Å²) in [7, 11) is 3.22. The van der Waals surface area contributed by atoms with E-state index in [1.807, 2.05) is 22.9 Å². The minimum absolute atomic E-state index is 0.0438. The van der Waals surface area contributed by atoms with Crippen LogP contribution < -0.4 is 20.3 Å². The Morgan fingerprint density at radius 3 is 2.84 bits per heavy atom. The van der Waals surface area contributed by atoms with Gasteiger partial charge in [-0.15, -0.1) is 10.2 Å². The van der Waals surface area contributed by atoms with E-state index in [0.717, 1.165) is 24.7 Å². The van der Waals surface area contributed by atoms with Crippen LogP contribution in [0.3, 0.4) is 0 Å². The second-order valence-electron chi connectivity index (χ2n) is 9.01. The fourth-order valence-corrected chi connectivity index (χ4v) is 4.70. The van der Waals surface area contributed by atoms with Gasteiger partial charge < -0.3 is 25.1 Å². The predicted octanol–water partition coefficient (Wildman–Crippen LogP) is 1.27. The first-order chi connectivity index (χ1) is 17.9. The number of anilines is 3. The van der Waals surface area contributed by atoms with E-state index in [1.165, 1.54) is 0 Å². The quantitative estimate of drug-likeness (QED) is 0.403. The SMILES string of the molecule is C=CC(=O)N[C@@H]1CN(c2nc(Nc3cn([C@@H]4CCN(OC)C4)nc3OC)c3ncc(CC)n3n2)C[C@H]1F. The van der Waals surface area contributed by atoms with Gasteiger partial charge in [0.15, 0.2) is 11.5 Å². The van der Waals surface area contributed by atoms with Crippen LogP contribution in [0.5, 0.6) is 5.88 Å². The van der Waals surface area contributed by atoms with Gasteiger partial charge in [0.2, 0.25) is 11.9 Å². The van der Waals surface area contributed by atoms with E-state index in [4.69, 9.17) is 14.6 Å². The minimum Gasteiger partial charge on any atom is -0.478 e. The molecule has 5 heterocycles. The minimum atomic E-state index is -1.27. The summed E-state index contributed by atoms with van der Waals surface area (Å²) in [6, 6.07) is -0.552. The molecule has 0 spiro atoms. The van der Waals surface area contributed by atoms with Gasteiger partial charge in [-0.2, -0.15) is 10.0 Å². The van der Waals surface area contributed by atoms with Crippen molar-refractivity contribution in [3.63, 3.8) is 0 Å². The number of ether oxygens (including phenoxy) is 1. The number of halogens is 1. The van der Waals surface area contributed by atoms with Crippen LogP contribution in [0.2, 0.25) is 0 Å². The second-order valence-corrected chi connectivity index (χ2v) is 9.01. The van der Waals surface area contributed by atoms with Crippen LogP contribution in [0.15, 0.2) is 25.0 Å². The van der Waals surface area contributed by atoms with Crippen LogP contribution in [0, 0.1) is 0 Å². The van der Waals surface area contributed by atoms with Crippen LogP contribution in [0.25, 0.3) is 5.65 Å². The van der Waals surface area contributed by atoms with E-state index in [1.54, 1.807) is 29.8 Å². The lowest BCUT2D eigenvalue weighted by atomic mass is 10.2. The molecule has 13 nitrogen and oxygen atoms in total. The van der Waals surface area contributed by atoms with Crippen molar-refractivity contribution >= 4 is 29.0 Å². The maximum absolute atomic E-state index is 14.7. The van der Waals surface area contributed by atoms with Crippen LogP contribution >= 0.6 is 0 Å². The van der Waals surface area contributed by atoms with E-state index in [2.05, 4.69) is 32.4 Å². The summed E-state index contributed by atoms with van der Waals surface area (Å²) >= 11 is 0. The number of rotatable bonds is 9. The maximum Gasteiger partial charge on any atom is 0.256 e. The van der Waals surface area contributed by atoms with Gasteiger partial charge in [0.25, 0.3) is 5.88 Å². The number of hydrogen-bond acceptors (Lipinski definition) is 10. The topological polar surface area (TPSA) is 127 Å². The zero-order valence-electron chi connectivity index (χ0n) is 21.1. The molecule has 37 heavy (non-hydrogen) atoms. The summed E-state index contributed by atoms with van der Waals surface area (Å²) in [4.78, 5) is 28.0. The summed E-state index contributed by atoms with van der Waals surface area (Å²) in [6.45, 7) is 7.24. The number of amides is 1. The smallest absolute Gasteiger partial charge is 0.256 e. The monoisotopic (exact) mass is 514 g/mol. The van der Waals surface area contributed by atoms with Gasteiger partial charge in [0.1, 0.15) is 11.9 Å². The number of aryl methyl sites for hydroxylation is 1. The zero-order valence-corrected chi connectivity index (χ0v) is 21.1. The Morgan fingerprint density at radius 1 is 1.30 bits per heavy atom. The van der Waals surface area contributed by atoms with Crippen molar-refractivity contribution in [2.45, 2.75) is 38.0 Å². The first-order valence-corrected chi connectivity index (χ1v) is 12.2. The Hall–Kier alpha value is -3.78. The molecule has 3 atom stereocenters. The highest BCUT2D eigenvalue weighted by molar-refractivity contribution is 5.87. The summed E-state index contributed by atoms with van der Waals surface area (Å²) in [5, 5.41) is 17.1. The van der Waals surface area contributed by atoms with Crippen molar-refractivity contribution in [2.75, 3.05) is 50.6 Å². The number of carbonyl (C=O) groups excluding carboxylic acids is 1. The molecule has 198 valence electrons. The van der Waals surface area contributed by atoms with Crippen LogP contribution in [0.1, 0.15) is 25.1 Å². The van der Waals surface area contributed by atoms with Gasteiger partial charge >= 0.3 is 0 Å². The molecule has 3 aromatic rings. The molecular formula is C23H31FN10O3. The zero-order chi connectivity index (χ0) is 26.1. The van der Waals surface area contributed by atoms with Crippen molar-refractivity contribution in [3.8, 4) is 5.88 Å². The number of nitrogens with zero attached hydrogens (tertiary/aromatic N) is 8. The van der Waals surface area contributed by atoms with Gasteiger partial charge in [0.05, 0.1) is 50.9 Å². The second kappa shape index (κ2) is 10.3. The van der Waals surface area contributed by atoms with E-state index in [-0.39, 0.29) is 19.1 Å². The maximum atomic E-state index is 14.7. The summed E-state index contributed by atoms with van der Waals surface area (Å²) in [5.41, 5.74) is 2.02. The van der Waals surface area contributed by atoms with Crippen LogP contribution in [-0.2, 0) is 16.1 Å². The lowest BCUT2D eigenvalue weighted by Gasteiger charge is -2.18. The molecule has 2 aliphatic heterocycles. The highest BCUT2D eigenvalue weighted by Crippen LogP contribution is 2.32. The summed E-state index contributed by atoms with van der Waals surface area (Å²) in [5.74, 6) is 0.741. The molecule has 2 N–H and O–H groups in total. The fourth-order valence-electron chi connectivity index (χ4n) is 4.70. The molecule has 2 fully saturated rings. The van der Waals surface area contributed by atoms with Gasteiger partial charge in [0, 0.05) is 19.6 Å². The Morgan fingerprint density at radius 2 is 2.14 bits per heavy atom. The Kier molecular flexibility index (Phi) is 6.93. The van der Waals surface area contributed by atoms with E-state index in [9.17, 15) is 9.18 Å². The summed E-state index contributed by atoms with van der Waals surface area (Å²) < 4.78 is 23.9. The number of imidazole rings is 1. The fraction of sp³-hybridized carbons (Fsp3) is 0.522. The number of nitrogens with one attached hydrogen (secondary N) is 2. The third-order valence-electron chi connectivity index (χ3n) is 6.73. The predicted molar refractivity (Wildman–Crippen MR) is 134 cm³/mol. The molecule has 0 unspecified atom stereocenters. The molecule has 0 radical (unpaired) electrons. The number of hydrogen-bond donors (Lipinski definition) is 2. The third kappa shape index (κ3) is 4.81. The lowest BCUT2D eigenvalue weighted by molar-refractivity contribution is -0.117. The molecule has 5 rings (SSSR count). The normalized spacial score (nSPS) is 22.1. The first-order valence-electron chi connectivity index (χ1n) is 12.2. The number of hydroxylamine groups is 2. The molecule has 0 bridgehead atoms.